The van der Waals surface area contributed by atoms with Crippen LogP contribution in [0.15, 0.2) is 36.4 Å². The van der Waals surface area contributed by atoms with Crippen LogP contribution in [0, 0.1) is 10.1 Å². The van der Waals surface area contributed by atoms with Gasteiger partial charge in [-0.25, -0.2) is 0 Å². The number of halogens is 2. The summed E-state index contributed by atoms with van der Waals surface area (Å²) in [7, 11) is 1.39. The Hall–Kier alpha value is -1.98. The van der Waals surface area contributed by atoms with Gasteiger partial charge in [0.2, 0.25) is 0 Å². The number of nitrogens with zero attached hydrogens (tertiary/aromatic N) is 1. The van der Waals surface area contributed by atoms with Crippen LogP contribution in [0.5, 0.6) is 5.75 Å². The second-order valence-electron chi connectivity index (χ2n) is 4.21. The molecular weight excluding hydrogens is 315 g/mol. The minimum Gasteiger partial charge on any atom is -0.490 e. The number of nitro benzene ring substituents is 1. The fourth-order valence-electron chi connectivity index (χ4n) is 1.85. The monoisotopic (exact) mass is 326 g/mol. The summed E-state index contributed by atoms with van der Waals surface area (Å²) in [5, 5.41) is 15.0. The summed E-state index contributed by atoms with van der Waals surface area (Å²) in [6.07, 6.45) is 0. The van der Waals surface area contributed by atoms with Gasteiger partial charge in [0.05, 0.1) is 27.8 Å². The maximum Gasteiger partial charge on any atom is 0.311 e. The first-order chi connectivity index (χ1) is 10.0. The molecule has 2 aromatic carbocycles. The second kappa shape index (κ2) is 6.65. The zero-order valence-corrected chi connectivity index (χ0v) is 12.6. The summed E-state index contributed by atoms with van der Waals surface area (Å²) in [5.74, 6) is 0.222. The van der Waals surface area contributed by atoms with Crippen molar-refractivity contribution in [2.45, 2.75) is 6.54 Å². The van der Waals surface area contributed by atoms with Crippen LogP contribution in [0.4, 0.5) is 11.4 Å². The molecule has 5 nitrogen and oxygen atoms in total. The number of ether oxygens (including phenoxy) is 1. The van der Waals surface area contributed by atoms with E-state index in [9.17, 15) is 10.1 Å². The average Bonchev–Trinajstić information content (AvgIpc) is 2.46. The van der Waals surface area contributed by atoms with E-state index in [0.29, 0.717) is 22.3 Å². The minimum absolute atomic E-state index is 0.0814. The Labute approximate surface area is 131 Å². The van der Waals surface area contributed by atoms with Crippen molar-refractivity contribution >= 4 is 34.6 Å². The van der Waals surface area contributed by atoms with Crippen LogP contribution in [-0.4, -0.2) is 12.0 Å². The van der Waals surface area contributed by atoms with Crippen LogP contribution in [-0.2, 0) is 6.54 Å². The Morgan fingerprint density at radius 2 is 1.90 bits per heavy atom. The molecule has 2 aromatic rings. The molecule has 7 heteroatoms. The van der Waals surface area contributed by atoms with E-state index in [1.165, 1.54) is 13.2 Å². The molecule has 1 N–H and O–H groups in total. The molecule has 0 fully saturated rings. The highest BCUT2D eigenvalue weighted by Gasteiger charge is 2.15. The molecule has 0 atom stereocenters. The van der Waals surface area contributed by atoms with Crippen molar-refractivity contribution in [2.75, 3.05) is 12.4 Å². The number of methoxy groups -OCH3 is 1. The van der Waals surface area contributed by atoms with E-state index in [0.717, 1.165) is 5.56 Å². The number of nitrogens with one attached hydrogen (secondary N) is 1. The van der Waals surface area contributed by atoms with Crippen LogP contribution < -0.4 is 10.1 Å². The number of benzene rings is 2. The summed E-state index contributed by atoms with van der Waals surface area (Å²) < 4.78 is 4.96. The molecule has 0 aliphatic heterocycles. The minimum atomic E-state index is -0.481. The van der Waals surface area contributed by atoms with Gasteiger partial charge in [0.1, 0.15) is 0 Å². The van der Waals surface area contributed by atoms with Crippen LogP contribution in [0.3, 0.4) is 0 Å². The SMILES string of the molecule is COc1ccc(CNc2c(Cl)cccc2Cl)cc1[N+](=O)[O-]. The lowest BCUT2D eigenvalue weighted by Crippen LogP contribution is -2.02. The van der Waals surface area contributed by atoms with E-state index < -0.39 is 4.92 Å². The molecule has 0 saturated heterocycles. The maximum atomic E-state index is 11.0. The highest BCUT2D eigenvalue weighted by atomic mass is 35.5. The number of rotatable bonds is 5. The normalized spacial score (nSPS) is 10.2. The van der Waals surface area contributed by atoms with Crippen LogP contribution in [0.25, 0.3) is 0 Å². The Kier molecular flexibility index (Phi) is 4.88. The lowest BCUT2D eigenvalue weighted by atomic mass is 10.2. The van der Waals surface area contributed by atoms with E-state index in [1.54, 1.807) is 30.3 Å². The third-order valence-corrected chi connectivity index (χ3v) is 3.50. The molecule has 2 rings (SSSR count). The first kappa shape index (κ1) is 15.4. The number of nitro groups is 1. The van der Waals surface area contributed by atoms with E-state index in [4.69, 9.17) is 27.9 Å². The van der Waals surface area contributed by atoms with E-state index in [1.807, 2.05) is 0 Å². The van der Waals surface area contributed by atoms with Crippen molar-refractivity contribution in [3.05, 3.63) is 62.1 Å². The van der Waals surface area contributed by atoms with Crippen molar-refractivity contribution in [3.63, 3.8) is 0 Å². The first-order valence-electron chi connectivity index (χ1n) is 6.02. The molecule has 0 saturated carbocycles. The third kappa shape index (κ3) is 3.56. The fourth-order valence-corrected chi connectivity index (χ4v) is 2.38. The number of hydrogen-bond donors (Lipinski definition) is 1. The summed E-state index contributed by atoms with van der Waals surface area (Å²) in [6.45, 7) is 0.355. The van der Waals surface area contributed by atoms with Crippen molar-refractivity contribution in [1.82, 2.24) is 0 Å². The molecule has 0 bridgehead atoms. The molecule has 0 aliphatic carbocycles. The predicted molar refractivity (Wildman–Crippen MR) is 83.4 cm³/mol. The topological polar surface area (TPSA) is 64.4 Å². The molecule has 0 amide bonds. The molecule has 0 unspecified atom stereocenters. The van der Waals surface area contributed by atoms with Gasteiger partial charge in [-0.2, -0.15) is 0 Å². The van der Waals surface area contributed by atoms with Crippen molar-refractivity contribution in [1.29, 1.82) is 0 Å². The van der Waals surface area contributed by atoms with Gasteiger partial charge in [-0.3, -0.25) is 10.1 Å². The first-order valence-corrected chi connectivity index (χ1v) is 6.77. The Bertz CT molecular complexity index is 657. The number of para-hydroxylation sites is 1. The van der Waals surface area contributed by atoms with Crippen LogP contribution in [0.2, 0.25) is 10.0 Å². The summed E-state index contributed by atoms with van der Waals surface area (Å²) in [6, 6.07) is 9.93. The van der Waals surface area contributed by atoms with Gasteiger partial charge in [0, 0.05) is 12.6 Å². The Morgan fingerprint density at radius 1 is 1.24 bits per heavy atom. The van der Waals surface area contributed by atoms with Gasteiger partial charge < -0.3 is 10.1 Å². The van der Waals surface area contributed by atoms with Crippen molar-refractivity contribution in [2.24, 2.45) is 0 Å². The van der Waals surface area contributed by atoms with Gasteiger partial charge in [-0.1, -0.05) is 35.3 Å². The zero-order chi connectivity index (χ0) is 15.4. The molecule has 0 heterocycles. The van der Waals surface area contributed by atoms with Gasteiger partial charge in [0.15, 0.2) is 5.75 Å². The Balaban J connectivity index is 2.21. The highest BCUT2D eigenvalue weighted by molar-refractivity contribution is 6.39. The lowest BCUT2D eigenvalue weighted by Gasteiger charge is -2.11. The molecule has 110 valence electrons. The molecular formula is C14H12Cl2N2O3. The zero-order valence-electron chi connectivity index (χ0n) is 11.1. The third-order valence-electron chi connectivity index (χ3n) is 2.87. The summed E-state index contributed by atoms with van der Waals surface area (Å²) in [5.41, 5.74) is 1.24. The standard InChI is InChI=1S/C14H12Cl2N2O3/c1-21-13-6-5-9(7-12(13)18(19)20)8-17-14-10(15)3-2-4-11(14)16/h2-7,17H,8H2,1H3. The van der Waals surface area contributed by atoms with Gasteiger partial charge >= 0.3 is 5.69 Å². The predicted octanol–water partition coefficient (Wildman–Crippen LogP) is 4.52. The molecule has 21 heavy (non-hydrogen) atoms. The molecule has 0 spiro atoms. The highest BCUT2D eigenvalue weighted by Crippen LogP contribution is 2.31. The molecule has 0 aromatic heterocycles. The van der Waals surface area contributed by atoms with Gasteiger partial charge in [-0.05, 0) is 23.8 Å². The molecule has 0 radical (unpaired) electrons. The van der Waals surface area contributed by atoms with Gasteiger partial charge in [-0.15, -0.1) is 0 Å². The van der Waals surface area contributed by atoms with Crippen molar-refractivity contribution < 1.29 is 9.66 Å². The quantitative estimate of drug-likeness (QED) is 0.648. The Morgan fingerprint density at radius 3 is 2.48 bits per heavy atom. The summed E-state index contributed by atoms with van der Waals surface area (Å²) >= 11 is 12.1. The van der Waals surface area contributed by atoms with E-state index in [2.05, 4.69) is 5.32 Å². The lowest BCUT2D eigenvalue weighted by molar-refractivity contribution is -0.385. The average molecular weight is 327 g/mol. The second-order valence-corrected chi connectivity index (χ2v) is 5.03. The van der Waals surface area contributed by atoms with Crippen LogP contribution in [0.1, 0.15) is 5.56 Å². The van der Waals surface area contributed by atoms with Gasteiger partial charge in [0.25, 0.3) is 0 Å². The number of anilines is 1. The smallest absolute Gasteiger partial charge is 0.311 e. The maximum absolute atomic E-state index is 11.0. The van der Waals surface area contributed by atoms with Crippen LogP contribution >= 0.6 is 23.2 Å². The molecule has 0 aliphatic rings. The van der Waals surface area contributed by atoms with E-state index >= 15 is 0 Å². The van der Waals surface area contributed by atoms with E-state index in [-0.39, 0.29) is 11.4 Å². The number of hydrogen-bond acceptors (Lipinski definition) is 4. The van der Waals surface area contributed by atoms with Crippen molar-refractivity contribution in [3.8, 4) is 5.75 Å². The largest absolute Gasteiger partial charge is 0.490 e. The summed E-state index contributed by atoms with van der Waals surface area (Å²) in [4.78, 5) is 10.5. The fraction of sp³-hybridized carbons (Fsp3) is 0.143.